The minimum atomic E-state index is -0.956. The number of hydrogen-bond acceptors (Lipinski definition) is 5. The minimum Gasteiger partial charge on any atom is -0.389 e. The van der Waals surface area contributed by atoms with Crippen molar-refractivity contribution in [1.82, 2.24) is 20.3 Å². The van der Waals surface area contributed by atoms with E-state index in [-0.39, 0.29) is 23.9 Å². The van der Waals surface area contributed by atoms with Crippen molar-refractivity contribution in [2.24, 2.45) is 11.3 Å². The van der Waals surface area contributed by atoms with Crippen LogP contribution >= 0.6 is 12.8 Å². The van der Waals surface area contributed by atoms with Gasteiger partial charge in [-0.2, -0.15) is 0 Å². The quantitative estimate of drug-likeness (QED) is 0.303. The van der Waals surface area contributed by atoms with Crippen molar-refractivity contribution in [3.05, 3.63) is 35.9 Å². The van der Waals surface area contributed by atoms with Crippen LogP contribution < -0.4 is 15.4 Å². The third-order valence-electron chi connectivity index (χ3n) is 5.50. The summed E-state index contributed by atoms with van der Waals surface area (Å²) in [5.74, 6) is 0.172. The van der Waals surface area contributed by atoms with Gasteiger partial charge in [0.2, 0.25) is 5.91 Å². The maximum Gasteiger partial charge on any atom is 0.317 e. The summed E-state index contributed by atoms with van der Waals surface area (Å²) in [5.41, 5.74) is 0.226. The van der Waals surface area contributed by atoms with Crippen molar-refractivity contribution in [1.29, 1.82) is 0 Å². The lowest BCUT2D eigenvalue weighted by molar-refractivity contribution is -0.126. The molecule has 0 heterocycles. The van der Waals surface area contributed by atoms with Gasteiger partial charge in [-0.15, -0.1) is 0 Å². The van der Waals surface area contributed by atoms with Crippen molar-refractivity contribution in [3.8, 4) is 0 Å². The lowest BCUT2D eigenvalue weighted by atomic mass is 9.86. The predicted molar refractivity (Wildman–Crippen MR) is 143 cm³/mol. The van der Waals surface area contributed by atoms with Gasteiger partial charge in [-0.3, -0.25) is 9.52 Å². The van der Waals surface area contributed by atoms with Crippen molar-refractivity contribution in [2.75, 3.05) is 13.1 Å². The van der Waals surface area contributed by atoms with Crippen LogP contribution in [0.15, 0.2) is 30.3 Å². The van der Waals surface area contributed by atoms with E-state index < -0.39 is 23.7 Å². The lowest BCUT2D eigenvalue weighted by Gasteiger charge is -2.35. The number of rotatable bonds is 11. The first-order chi connectivity index (χ1) is 15.6. The lowest BCUT2D eigenvalue weighted by Crippen LogP contribution is -2.57. The third kappa shape index (κ3) is 11.1. The maximum absolute atomic E-state index is 13.1. The summed E-state index contributed by atoms with van der Waals surface area (Å²) in [4.78, 5) is 27.8. The van der Waals surface area contributed by atoms with Crippen LogP contribution in [0.4, 0.5) is 4.79 Å². The Balaban J connectivity index is 3.13. The van der Waals surface area contributed by atoms with Crippen LogP contribution in [0.5, 0.6) is 0 Å². The summed E-state index contributed by atoms with van der Waals surface area (Å²) < 4.78 is 2.79. The molecule has 0 aliphatic carbocycles. The van der Waals surface area contributed by atoms with Crippen LogP contribution in [0.3, 0.4) is 0 Å². The SMILES string of the molecule is CC(C)CCN(C[C@@H](O)[C@H](Cc1ccccc1)NC(=O)[C@@H](NS)C(C)(C)C)C(=O)NC(C)(C)C. The van der Waals surface area contributed by atoms with Gasteiger partial charge in [0.1, 0.15) is 6.04 Å². The number of benzene rings is 1. The molecule has 194 valence electrons. The number of carbonyl (C=O) groups excluding carboxylic acids is 2. The molecule has 0 saturated heterocycles. The average Bonchev–Trinajstić information content (AvgIpc) is 2.69. The molecule has 4 N–H and O–H groups in total. The molecule has 1 rings (SSSR count). The smallest absolute Gasteiger partial charge is 0.317 e. The van der Waals surface area contributed by atoms with E-state index in [0.29, 0.717) is 18.9 Å². The Bertz CT molecular complexity index is 760. The molecular weight excluding hydrogens is 448 g/mol. The van der Waals surface area contributed by atoms with Crippen LogP contribution in [0.1, 0.15) is 67.4 Å². The van der Waals surface area contributed by atoms with E-state index in [9.17, 15) is 14.7 Å². The summed E-state index contributed by atoms with van der Waals surface area (Å²) in [6, 6.07) is 8.37. The maximum atomic E-state index is 13.1. The Morgan fingerprint density at radius 3 is 2.12 bits per heavy atom. The molecule has 0 aliphatic heterocycles. The Hall–Kier alpha value is -1.77. The van der Waals surface area contributed by atoms with Crippen LogP contribution in [0.2, 0.25) is 0 Å². The van der Waals surface area contributed by atoms with Gasteiger partial charge in [0, 0.05) is 12.1 Å². The first kappa shape index (κ1) is 30.3. The summed E-state index contributed by atoms with van der Waals surface area (Å²) in [6.45, 7) is 16.5. The molecule has 3 atom stereocenters. The fourth-order valence-electron chi connectivity index (χ4n) is 3.51. The summed E-state index contributed by atoms with van der Waals surface area (Å²) in [5, 5.41) is 17.3. The van der Waals surface area contributed by atoms with Gasteiger partial charge in [0.05, 0.1) is 18.7 Å². The topological polar surface area (TPSA) is 93.7 Å². The second-order valence-corrected chi connectivity index (χ2v) is 11.9. The fraction of sp³-hybridized carbons (Fsp3) is 0.692. The highest BCUT2D eigenvalue weighted by molar-refractivity contribution is 7.78. The molecule has 0 aromatic heterocycles. The molecule has 0 unspecified atom stereocenters. The molecule has 0 aliphatic rings. The van der Waals surface area contributed by atoms with Crippen molar-refractivity contribution < 1.29 is 14.7 Å². The molecular formula is C26H46N4O3S. The number of urea groups is 1. The highest BCUT2D eigenvalue weighted by Crippen LogP contribution is 2.20. The standard InChI is InChI=1S/C26H46N4O3S/c1-18(2)14-15-30(24(33)28-26(6,7)8)17-21(31)20(16-19-12-10-9-11-13-19)27-23(32)22(29-34)25(3,4)5/h9-13,18,20-22,29,31,34H,14-17H2,1-8H3,(H,27,32)(H,28,33)/t20-,21+,22+/m0/s1. The van der Waals surface area contributed by atoms with Crippen molar-refractivity contribution in [3.63, 3.8) is 0 Å². The van der Waals surface area contributed by atoms with E-state index in [0.717, 1.165) is 12.0 Å². The van der Waals surface area contributed by atoms with Crippen molar-refractivity contribution in [2.45, 2.75) is 92.0 Å². The molecule has 1 aromatic rings. The zero-order chi connectivity index (χ0) is 26.1. The number of thiol groups is 1. The fourth-order valence-corrected chi connectivity index (χ4v) is 4.01. The predicted octanol–water partition coefficient (Wildman–Crippen LogP) is 3.78. The molecule has 34 heavy (non-hydrogen) atoms. The molecule has 7 nitrogen and oxygen atoms in total. The molecule has 3 amide bonds. The first-order valence-corrected chi connectivity index (χ1v) is 12.6. The van der Waals surface area contributed by atoms with Gasteiger partial charge >= 0.3 is 6.03 Å². The third-order valence-corrected chi connectivity index (χ3v) is 5.76. The Morgan fingerprint density at radius 2 is 1.65 bits per heavy atom. The van der Waals surface area contributed by atoms with E-state index >= 15 is 0 Å². The van der Waals surface area contributed by atoms with Gasteiger partial charge < -0.3 is 20.6 Å². The number of carbonyl (C=O) groups is 2. The highest BCUT2D eigenvalue weighted by Gasteiger charge is 2.34. The van der Waals surface area contributed by atoms with E-state index in [1.165, 1.54) is 0 Å². The largest absolute Gasteiger partial charge is 0.389 e. The van der Waals surface area contributed by atoms with Crippen LogP contribution in [0.25, 0.3) is 0 Å². The Morgan fingerprint density at radius 1 is 1.06 bits per heavy atom. The molecule has 0 radical (unpaired) electrons. The average molecular weight is 495 g/mol. The van der Waals surface area contributed by atoms with Crippen LogP contribution in [-0.4, -0.2) is 58.8 Å². The van der Waals surface area contributed by atoms with Crippen LogP contribution in [-0.2, 0) is 11.2 Å². The number of aliphatic hydroxyl groups excluding tert-OH is 1. The number of hydrogen-bond donors (Lipinski definition) is 5. The van der Waals surface area contributed by atoms with E-state index in [1.807, 2.05) is 71.9 Å². The molecule has 0 fully saturated rings. The second kappa shape index (κ2) is 13.4. The van der Waals surface area contributed by atoms with E-state index in [1.54, 1.807) is 4.90 Å². The van der Waals surface area contributed by atoms with Crippen LogP contribution in [0, 0.1) is 11.3 Å². The zero-order valence-corrected chi connectivity index (χ0v) is 23.1. The summed E-state index contributed by atoms with van der Waals surface area (Å²) in [7, 11) is 0. The molecule has 0 bridgehead atoms. The normalized spacial score (nSPS) is 14.9. The van der Waals surface area contributed by atoms with Gasteiger partial charge in [-0.1, -0.05) is 77.8 Å². The highest BCUT2D eigenvalue weighted by atomic mass is 32.1. The molecule has 0 spiro atoms. The number of aliphatic hydroxyl groups is 1. The van der Waals surface area contributed by atoms with Gasteiger partial charge in [0.15, 0.2) is 0 Å². The van der Waals surface area contributed by atoms with Gasteiger partial charge in [0.25, 0.3) is 0 Å². The van der Waals surface area contributed by atoms with Gasteiger partial charge in [-0.05, 0) is 50.5 Å². The minimum absolute atomic E-state index is 0.112. The summed E-state index contributed by atoms with van der Waals surface area (Å²) in [6.07, 6.45) is 0.300. The first-order valence-electron chi connectivity index (χ1n) is 12.1. The number of nitrogens with one attached hydrogen (secondary N) is 3. The number of nitrogens with zero attached hydrogens (tertiary/aromatic N) is 1. The second-order valence-electron chi connectivity index (χ2n) is 11.6. The van der Waals surface area contributed by atoms with E-state index in [2.05, 4.69) is 42.0 Å². The number of amides is 3. The molecule has 1 aromatic carbocycles. The monoisotopic (exact) mass is 494 g/mol. The summed E-state index contributed by atoms with van der Waals surface area (Å²) >= 11 is 4.16. The van der Waals surface area contributed by atoms with Crippen molar-refractivity contribution >= 4 is 24.8 Å². The van der Waals surface area contributed by atoms with E-state index in [4.69, 9.17) is 0 Å². The molecule has 8 heteroatoms. The molecule has 0 saturated carbocycles. The zero-order valence-electron chi connectivity index (χ0n) is 22.2. The Labute approximate surface area is 212 Å². The van der Waals surface area contributed by atoms with Gasteiger partial charge in [-0.25, -0.2) is 4.79 Å². The Kier molecular flexibility index (Phi) is 11.9.